The fourth-order valence-corrected chi connectivity index (χ4v) is 4.23. The highest BCUT2D eigenvalue weighted by Gasteiger charge is 2.36. The number of aryl methyl sites for hydroxylation is 1. The molecule has 2 heterocycles. The predicted octanol–water partition coefficient (Wildman–Crippen LogP) is 1.18. The van der Waals surface area contributed by atoms with Crippen LogP contribution in [0.1, 0.15) is 11.9 Å². The summed E-state index contributed by atoms with van der Waals surface area (Å²) in [6.45, 7) is 1.65. The number of benzene rings is 1. The lowest BCUT2D eigenvalue weighted by Crippen LogP contribution is -2.49. The van der Waals surface area contributed by atoms with Crippen LogP contribution in [0.15, 0.2) is 47.6 Å². The van der Waals surface area contributed by atoms with Gasteiger partial charge < -0.3 is 9.88 Å². The van der Waals surface area contributed by atoms with Crippen LogP contribution in [0.3, 0.4) is 0 Å². The number of nitrogens with one attached hydrogen (secondary N) is 1. The average Bonchev–Trinajstić information content (AvgIpc) is 2.94. The van der Waals surface area contributed by atoms with Gasteiger partial charge in [-0.2, -0.15) is 4.31 Å². The maximum atomic E-state index is 12.9. The van der Waals surface area contributed by atoms with Crippen LogP contribution >= 0.6 is 12.4 Å². The third kappa shape index (κ3) is 3.03. The molecule has 0 bridgehead atoms. The third-order valence-corrected chi connectivity index (χ3v) is 5.62. The standard InChI is InChI=1S/C14H18N4O2S.ClH/c1-17-9-8-16-14(17)13-11-15-7-10-18(13)21(19,20)12-5-3-2-4-6-12;/h2-6,8-9,13,15H,7,10-11H2,1H3;1H. The lowest BCUT2D eigenvalue weighted by Gasteiger charge is -2.34. The summed E-state index contributed by atoms with van der Waals surface area (Å²) in [5.74, 6) is 0.752. The number of aromatic nitrogens is 2. The molecular formula is C14H19ClN4O2S. The normalized spacial score (nSPS) is 19.6. The van der Waals surface area contributed by atoms with E-state index in [4.69, 9.17) is 0 Å². The quantitative estimate of drug-likeness (QED) is 0.909. The SMILES string of the molecule is Cl.Cn1ccnc1C1CNCCN1S(=O)(=O)c1ccccc1. The van der Waals surface area contributed by atoms with Crippen LogP contribution < -0.4 is 5.32 Å². The summed E-state index contributed by atoms with van der Waals surface area (Å²) in [5.41, 5.74) is 0. The van der Waals surface area contributed by atoms with Gasteiger partial charge in [0.1, 0.15) is 5.82 Å². The Hall–Kier alpha value is -1.41. The maximum absolute atomic E-state index is 12.9. The molecule has 1 fully saturated rings. The molecule has 120 valence electrons. The van der Waals surface area contributed by atoms with Crippen LogP contribution in [-0.2, 0) is 17.1 Å². The summed E-state index contributed by atoms with van der Waals surface area (Å²) in [5, 5.41) is 3.24. The van der Waals surface area contributed by atoms with E-state index in [-0.39, 0.29) is 18.4 Å². The first-order valence-electron chi connectivity index (χ1n) is 6.85. The van der Waals surface area contributed by atoms with Gasteiger partial charge >= 0.3 is 0 Å². The van der Waals surface area contributed by atoms with Gasteiger partial charge in [-0.3, -0.25) is 0 Å². The molecule has 1 N–H and O–H groups in total. The second-order valence-electron chi connectivity index (χ2n) is 5.05. The highest BCUT2D eigenvalue weighted by atomic mass is 35.5. The minimum atomic E-state index is -3.51. The van der Waals surface area contributed by atoms with Gasteiger partial charge in [-0.1, -0.05) is 18.2 Å². The molecule has 1 aromatic carbocycles. The van der Waals surface area contributed by atoms with Gasteiger partial charge in [0.15, 0.2) is 0 Å². The van der Waals surface area contributed by atoms with Crippen LogP contribution in [0.25, 0.3) is 0 Å². The highest BCUT2D eigenvalue weighted by molar-refractivity contribution is 7.89. The Morgan fingerprint density at radius 1 is 1.27 bits per heavy atom. The van der Waals surface area contributed by atoms with Gasteiger partial charge in [0.25, 0.3) is 0 Å². The molecule has 22 heavy (non-hydrogen) atoms. The van der Waals surface area contributed by atoms with E-state index in [1.54, 1.807) is 34.8 Å². The average molecular weight is 343 g/mol. The third-order valence-electron chi connectivity index (χ3n) is 3.70. The summed E-state index contributed by atoms with van der Waals surface area (Å²) in [6.07, 6.45) is 3.52. The van der Waals surface area contributed by atoms with Gasteiger partial charge in [0.2, 0.25) is 10.0 Å². The number of hydrogen-bond donors (Lipinski definition) is 1. The number of nitrogens with zero attached hydrogens (tertiary/aromatic N) is 3. The zero-order valence-corrected chi connectivity index (χ0v) is 13.8. The Morgan fingerprint density at radius 3 is 2.64 bits per heavy atom. The van der Waals surface area contributed by atoms with Crippen molar-refractivity contribution in [2.75, 3.05) is 19.6 Å². The van der Waals surface area contributed by atoms with Crippen LogP contribution in [0.4, 0.5) is 0 Å². The molecule has 2 aromatic rings. The molecule has 0 amide bonds. The van der Waals surface area contributed by atoms with Gasteiger partial charge in [-0.15, -0.1) is 12.4 Å². The molecule has 1 unspecified atom stereocenters. The molecule has 1 aliphatic rings. The summed E-state index contributed by atoms with van der Waals surface area (Å²) in [6, 6.07) is 8.27. The Bertz CT molecular complexity index is 717. The number of rotatable bonds is 3. The van der Waals surface area contributed by atoms with Crippen LogP contribution in [0.2, 0.25) is 0 Å². The second-order valence-corrected chi connectivity index (χ2v) is 6.94. The first-order chi connectivity index (χ1) is 10.1. The summed E-state index contributed by atoms with van der Waals surface area (Å²) >= 11 is 0. The predicted molar refractivity (Wildman–Crippen MR) is 86.4 cm³/mol. The van der Waals surface area contributed by atoms with Crippen molar-refractivity contribution >= 4 is 22.4 Å². The van der Waals surface area contributed by atoms with Gasteiger partial charge in [-0.25, -0.2) is 13.4 Å². The minimum absolute atomic E-state index is 0. The molecule has 1 atom stereocenters. The van der Waals surface area contributed by atoms with Crippen molar-refractivity contribution in [1.82, 2.24) is 19.2 Å². The number of piperazine rings is 1. The fourth-order valence-electron chi connectivity index (χ4n) is 2.62. The Labute approximate surface area is 136 Å². The summed E-state index contributed by atoms with van der Waals surface area (Å²) in [4.78, 5) is 4.64. The first-order valence-corrected chi connectivity index (χ1v) is 8.29. The van der Waals surface area contributed by atoms with E-state index in [2.05, 4.69) is 10.3 Å². The largest absolute Gasteiger partial charge is 0.337 e. The zero-order chi connectivity index (χ0) is 14.9. The molecule has 0 spiro atoms. The highest BCUT2D eigenvalue weighted by Crippen LogP contribution is 2.27. The van der Waals surface area contributed by atoms with E-state index in [9.17, 15) is 8.42 Å². The van der Waals surface area contributed by atoms with Crippen molar-refractivity contribution < 1.29 is 8.42 Å². The molecule has 1 aromatic heterocycles. The van der Waals surface area contributed by atoms with Crippen LogP contribution in [0, 0.1) is 0 Å². The minimum Gasteiger partial charge on any atom is -0.337 e. The molecule has 1 aliphatic heterocycles. The zero-order valence-electron chi connectivity index (χ0n) is 12.2. The summed E-state index contributed by atoms with van der Waals surface area (Å²) < 4.78 is 29.1. The maximum Gasteiger partial charge on any atom is 0.243 e. The van der Waals surface area contributed by atoms with E-state index in [0.717, 1.165) is 5.82 Å². The van der Waals surface area contributed by atoms with E-state index in [0.29, 0.717) is 24.5 Å². The lowest BCUT2D eigenvalue weighted by molar-refractivity contribution is 0.258. The van der Waals surface area contributed by atoms with Crippen LogP contribution in [-0.4, -0.2) is 41.9 Å². The molecule has 1 saturated heterocycles. The summed E-state index contributed by atoms with van der Waals surface area (Å²) in [7, 11) is -1.63. The topological polar surface area (TPSA) is 67.2 Å². The van der Waals surface area contributed by atoms with E-state index >= 15 is 0 Å². The van der Waals surface area contributed by atoms with Gasteiger partial charge in [-0.05, 0) is 12.1 Å². The van der Waals surface area contributed by atoms with Crippen LogP contribution in [0.5, 0.6) is 0 Å². The van der Waals surface area contributed by atoms with Gasteiger partial charge in [0, 0.05) is 39.1 Å². The lowest BCUT2D eigenvalue weighted by atomic mass is 10.2. The first kappa shape index (κ1) is 17.0. The van der Waals surface area contributed by atoms with E-state index in [1.807, 2.05) is 23.9 Å². The monoisotopic (exact) mass is 342 g/mol. The fraction of sp³-hybridized carbons (Fsp3) is 0.357. The molecule has 6 nitrogen and oxygen atoms in total. The van der Waals surface area contributed by atoms with Gasteiger partial charge in [0.05, 0.1) is 10.9 Å². The Balaban J connectivity index is 0.00000176. The van der Waals surface area contributed by atoms with E-state index < -0.39 is 10.0 Å². The Morgan fingerprint density at radius 2 is 2.00 bits per heavy atom. The number of imidazole rings is 1. The van der Waals surface area contributed by atoms with E-state index in [1.165, 1.54) is 0 Å². The van der Waals surface area contributed by atoms with Crippen molar-refractivity contribution in [3.63, 3.8) is 0 Å². The molecule has 3 rings (SSSR count). The molecule has 0 saturated carbocycles. The van der Waals surface area contributed by atoms with Crippen molar-refractivity contribution in [3.05, 3.63) is 48.5 Å². The molecule has 8 heteroatoms. The smallest absolute Gasteiger partial charge is 0.243 e. The molecule has 0 aliphatic carbocycles. The Kier molecular flexibility index (Phi) is 5.23. The second kappa shape index (κ2) is 6.78. The number of sulfonamides is 1. The van der Waals surface area contributed by atoms with Crippen molar-refractivity contribution in [3.8, 4) is 0 Å². The van der Waals surface area contributed by atoms with Crippen molar-refractivity contribution in [1.29, 1.82) is 0 Å². The molecular weight excluding hydrogens is 324 g/mol. The van der Waals surface area contributed by atoms with Crippen molar-refractivity contribution in [2.24, 2.45) is 7.05 Å². The van der Waals surface area contributed by atoms with Crippen molar-refractivity contribution in [2.45, 2.75) is 10.9 Å². The number of halogens is 1. The molecule has 0 radical (unpaired) electrons. The number of hydrogen-bond acceptors (Lipinski definition) is 4.